The number of amides is 1. The number of piperidine rings is 1. The molecule has 0 aromatic heterocycles. The van der Waals surface area contributed by atoms with Gasteiger partial charge in [-0.2, -0.15) is 0 Å². The molecule has 1 saturated heterocycles. The molecule has 2 rings (SSSR count). The van der Waals surface area contributed by atoms with Crippen molar-refractivity contribution in [1.29, 1.82) is 0 Å². The van der Waals surface area contributed by atoms with Crippen molar-refractivity contribution in [3.05, 3.63) is 24.3 Å². The Balaban J connectivity index is 1.87. The highest BCUT2D eigenvalue weighted by atomic mass is 16.5. The first-order valence-electron chi connectivity index (χ1n) is 6.97. The first kappa shape index (κ1) is 14.8. The summed E-state index contributed by atoms with van der Waals surface area (Å²) in [6.07, 6.45) is 2.33. The van der Waals surface area contributed by atoms with E-state index in [0.717, 1.165) is 31.6 Å². The lowest BCUT2D eigenvalue weighted by Gasteiger charge is -2.31. The number of hydrogen-bond donors (Lipinski definition) is 1. The van der Waals surface area contributed by atoms with Gasteiger partial charge in [0, 0.05) is 38.6 Å². The van der Waals surface area contributed by atoms with E-state index >= 15 is 0 Å². The largest absolute Gasteiger partial charge is 0.399 e. The van der Waals surface area contributed by atoms with E-state index in [1.165, 1.54) is 0 Å². The Kier molecular flexibility index (Phi) is 4.98. The first-order valence-corrected chi connectivity index (χ1v) is 6.97. The predicted molar refractivity (Wildman–Crippen MR) is 80.7 cm³/mol. The van der Waals surface area contributed by atoms with E-state index in [1.54, 1.807) is 19.1 Å². The fourth-order valence-electron chi connectivity index (χ4n) is 2.44. The van der Waals surface area contributed by atoms with Crippen LogP contribution in [0.3, 0.4) is 0 Å². The summed E-state index contributed by atoms with van der Waals surface area (Å²) >= 11 is 0. The average Bonchev–Trinajstić information content (AvgIpc) is 2.48. The summed E-state index contributed by atoms with van der Waals surface area (Å²) in [5.41, 5.74) is 7.23. The zero-order valence-corrected chi connectivity index (χ0v) is 12.2. The van der Waals surface area contributed by atoms with Crippen LogP contribution in [0.25, 0.3) is 0 Å². The highest BCUT2D eigenvalue weighted by Crippen LogP contribution is 2.16. The quantitative estimate of drug-likeness (QED) is 0.844. The summed E-state index contributed by atoms with van der Waals surface area (Å²) in [6.45, 7) is 2.29. The lowest BCUT2D eigenvalue weighted by atomic mass is 10.1. The van der Waals surface area contributed by atoms with Crippen LogP contribution < -0.4 is 10.6 Å². The maximum absolute atomic E-state index is 12.3. The summed E-state index contributed by atoms with van der Waals surface area (Å²) in [7, 11) is 3.55. The van der Waals surface area contributed by atoms with Gasteiger partial charge in [0.15, 0.2) is 0 Å². The standard InChI is InChI=1S/C15H23N3O2/c1-17(13-5-3-12(16)4-6-13)15(19)11-18-9-7-14(20-2)8-10-18/h3-6,14H,7-11,16H2,1-2H3. The van der Waals surface area contributed by atoms with E-state index < -0.39 is 0 Å². The number of likely N-dealkylation sites (N-methyl/N-ethyl adjacent to an activating group) is 1. The molecule has 5 nitrogen and oxygen atoms in total. The molecule has 0 aliphatic carbocycles. The number of carbonyl (C=O) groups is 1. The molecule has 0 unspecified atom stereocenters. The molecule has 0 radical (unpaired) electrons. The van der Waals surface area contributed by atoms with E-state index in [2.05, 4.69) is 4.90 Å². The van der Waals surface area contributed by atoms with Crippen molar-refractivity contribution in [2.75, 3.05) is 44.4 Å². The molecular formula is C15H23N3O2. The van der Waals surface area contributed by atoms with Crippen LogP contribution in [-0.2, 0) is 9.53 Å². The predicted octanol–water partition coefficient (Wildman–Crippen LogP) is 1.34. The molecule has 0 saturated carbocycles. The second-order valence-corrected chi connectivity index (χ2v) is 5.26. The van der Waals surface area contributed by atoms with Crippen LogP contribution in [0.4, 0.5) is 11.4 Å². The first-order chi connectivity index (χ1) is 9.60. The van der Waals surface area contributed by atoms with Gasteiger partial charge in [-0.1, -0.05) is 0 Å². The summed E-state index contributed by atoms with van der Waals surface area (Å²) in [4.78, 5) is 16.1. The van der Waals surface area contributed by atoms with Crippen LogP contribution in [0.5, 0.6) is 0 Å². The van der Waals surface area contributed by atoms with E-state index in [9.17, 15) is 4.79 Å². The number of nitrogens with zero attached hydrogens (tertiary/aromatic N) is 2. The number of benzene rings is 1. The van der Waals surface area contributed by atoms with Gasteiger partial charge in [-0.25, -0.2) is 0 Å². The number of nitrogen functional groups attached to an aromatic ring is 1. The van der Waals surface area contributed by atoms with Gasteiger partial charge in [-0.3, -0.25) is 9.69 Å². The van der Waals surface area contributed by atoms with E-state index in [1.807, 2.05) is 24.3 Å². The minimum Gasteiger partial charge on any atom is -0.399 e. The lowest BCUT2D eigenvalue weighted by molar-refractivity contribution is -0.120. The Morgan fingerprint density at radius 1 is 1.35 bits per heavy atom. The zero-order valence-electron chi connectivity index (χ0n) is 12.2. The van der Waals surface area contributed by atoms with Crippen molar-refractivity contribution in [1.82, 2.24) is 4.90 Å². The highest BCUT2D eigenvalue weighted by Gasteiger charge is 2.22. The molecule has 20 heavy (non-hydrogen) atoms. The molecule has 1 heterocycles. The fourth-order valence-corrected chi connectivity index (χ4v) is 2.44. The van der Waals surface area contributed by atoms with Crippen molar-refractivity contribution >= 4 is 17.3 Å². The SMILES string of the molecule is COC1CCN(CC(=O)N(C)c2ccc(N)cc2)CC1. The smallest absolute Gasteiger partial charge is 0.240 e. The zero-order chi connectivity index (χ0) is 14.5. The molecule has 1 aliphatic heterocycles. The molecule has 1 amide bonds. The highest BCUT2D eigenvalue weighted by molar-refractivity contribution is 5.94. The molecule has 1 aromatic rings. The Morgan fingerprint density at radius 3 is 2.50 bits per heavy atom. The molecule has 0 atom stereocenters. The number of anilines is 2. The Bertz CT molecular complexity index is 439. The van der Waals surface area contributed by atoms with E-state index in [4.69, 9.17) is 10.5 Å². The fraction of sp³-hybridized carbons (Fsp3) is 0.533. The van der Waals surface area contributed by atoms with Gasteiger partial charge in [0.2, 0.25) is 5.91 Å². The number of methoxy groups -OCH3 is 1. The maximum atomic E-state index is 12.3. The molecule has 1 aliphatic rings. The van der Waals surface area contributed by atoms with Crippen LogP contribution >= 0.6 is 0 Å². The van der Waals surface area contributed by atoms with Gasteiger partial charge in [0.25, 0.3) is 0 Å². The van der Waals surface area contributed by atoms with Crippen LogP contribution in [0.2, 0.25) is 0 Å². The second kappa shape index (κ2) is 6.72. The van der Waals surface area contributed by atoms with Crippen LogP contribution in [0.1, 0.15) is 12.8 Å². The number of nitrogens with two attached hydrogens (primary N) is 1. The molecule has 5 heteroatoms. The number of hydrogen-bond acceptors (Lipinski definition) is 4. The molecular weight excluding hydrogens is 254 g/mol. The molecule has 110 valence electrons. The van der Waals surface area contributed by atoms with Gasteiger partial charge >= 0.3 is 0 Å². The molecule has 1 fully saturated rings. The van der Waals surface area contributed by atoms with Crippen LogP contribution in [-0.4, -0.2) is 50.7 Å². The van der Waals surface area contributed by atoms with E-state index in [0.29, 0.717) is 18.3 Å². The van der Waals surface area contributed by atoms with Crippen LogP contribution in [0, 0.1) is 0 Å². The number of likely N-dealkylation sites (tertiary alicyclic amines) is 1. The van der Waals surface area contributed by atoms with Gasteiger partial charge < -0.3 is 15.4 Å². The van der Waals surface area contributed by atoms with Crippen molar-refractivity contribution in [3.8, 4) is 0 Å². The van der Waals surface area contributed by atoms with Crippen molar-refractivity contribution in [3.63, 3.8) is 0 Å². The Hall–Kier alpha value is -1.59. The number of ether oxygens (including phenoxy) is 1. The molecule has 0 spiro atoms. The third-order valence-corrected chi connectivity index (χ3v) is 3.88. The Morgan fingerprint density at radius 2 is 1.95 bits per heavy atom. The summed E-state index contributed by atoms with van der Waals surface area (Å²) in [6, 6.07) is 7.35. The summed E-state index contributed by atoms with van der Waals surface area (Å²) in [5.74, 6) is 0.102. The van der Waals surface area contributed by atoms with Crippen molar-refractivity contribution < 1.29 is 9.53 Å². The minimum absolute atomic E-state index is 0.102. The summed E-state index contributed by atoms with van der Waals surface area (Å²) in [5, 5.41) is 0. The van der Waals surface area contributed by atoms with Crippen molar-refractivity contribution in [2.45, 2.75) is 18.9 Å². The topological polar surface area (TPSA) is 58.8 Å². The normalized spacial score (nSPS) is 17.1. The monoisotopic (exact) mass is 277 g/mol. The molecule has 2 N–H and O–H groups in total. The minimum atomic E-state index is 0.102. The number of rotatable bonds is 4. The van der Waals surface area contributed by atoms with Gasteiger partial charge in [-0.15, -0.1) is 0 Å². The average molecular weight is 277 g/mol. The van der Waals surface area contributed by atoms with Gasteiger partial charge in [0.05, 0.1) is 12.6 Å². The third kappa shape index (κ3) is 3.71. The van der Waals surface area contributed by atoms with Crippen LogP contribution in [0.15, 0.2) is 24.3 Å². The van der Waals surface area contributed by atoms with Gasteiger partial charge in [-0.05, 0) is 37.1 Å². The second-order valence-electron chi connectivity index (χ2n) is 5.26. The van der Waals surface area contributed by atoms with E-state index in [-0.39, 0.29) is 5.91 Å². The Labute approximate surface area is 120 Å². The summed E-state index contributed by atoms with van der Waals surface area (Å²) < 4.78 is 5.34. The number of carbonyl (C=O) groups excluding carboxylic acids is 1. The van der Waals surface area contributed by atoms with Gasteiger partial charge in [0.1, 0.15) is 0 Å². The third-order valence-electron chi connectivity index (χ3n) is 3.88. The molecule has 1 aromatic carbocycles. The molecule has 0 bridgehead atoms. The maximum Gasteiger partial charge on any atom is 0.240 e. The lowest BCUT2D eigenvalue weighted by Crippen LogP contribution is -2.43. The van der Waals surface area contributed by atoms with Crippen molar-refractivity contribution in [2.24, 2.45) is 0 Å².